The molecule has 2 aromatic heterocycles. The van der Waals surface area contributed by atoms with Crippen molar-refractivity contribution < 1.29 is 4.39 Å². The van der Waals surface area contributed by atoms with Crippen molar-refractivity contribution in [2.45, 2.75) is 33.2 Å². The van der Waals surface area contributed by atoms with Gasteiger partial charge in [0.05, 0.1) is 5.69 Å². The summed E-state index contributed by atoms with van der Waals surface area (Å²) in [5.41, 5.74) is 3.06. The summed E-state index contributed by atoms with van der Waals surface area (Å²) in [6.07, 6.45) is 3.48. The molecule has 0 aliphatic carbocycles. The Morgan fingerprint density at radius 2 is 1.85 bits per heavy atom. The highest BCUT2D eigenvalue weighted by atomic mass is 19.1. The van der Waals surface area contributed by atoms with Crippen molar-refractivity contribution in [2.75, 3.05) is 10.6 Å². The zero-order chi connectivity index (χ0) is 18.7. The lowest BCUT2D eigenvalue weighted by Gasteiger charge is -2.21. The molecule has 0 aliphatic heterocycles. The number of aryl methyl sites for hydroxylation is 1. The van der Waals surface area contributed by atoms with Gasteiger partial charge in [-0.15, -0.1) is 0 Å². The molecule has 134 valence electrons. The van der Waals surface area contributed by atoms with Gasteiger partial charge >= 0.3 is 0 Å². The minimum absolute atomic E-state index is 0.184. The van der Waals surface area contributed by atoms with E-state index in [4.69, 9.17) is 0 Å². The van der Waals surface area contributed by atoms with Crippen LogP contribution < -0.4 is 10.6 Å². The Morgan fingerprint density at radius 1 is 1.04 bits per heavy atom. The van der Waals surface area contributed by atoms with Gasteiger partial charge in [0.15, 0.2) is 0 Å². The lowest BCUT2D eigenvalue weighted by Crippen LogP contribution is -2.27. The van der Waals surface area contributed by atoms with E-state index in [9.17, 15) is 4.39 Å². The first-order chi connectivity index (χ1) is 12.3. The van der Waals surface area contributed by atoms with Crippen molar-refractivity contribution in [3.05, 3.63) is 60.2 Å². The summed E-state index contributed by atoms with van der Waals surface area (Å²) in [5, 5.41) is 6.56. The van der Waals surface area contributed by atoms with Crippen LogP contribution in [-0.4, -0.2) is 20.5 Å². The minimum atomic E-state index is -0.262. The number of nitrogens with zero attached hydrogens (tertiary/aromatic N) is 3. The highest BCUT2D eigenvalue weighted by Crippen LogP contribution is 2.26. The molecular formula is C20H22FN5. The molecule has 2 heterocycles. The smallest absolute Gasteiger partial charge is 0.225 e. The van der Waals surface area contributed by atoms with E-state index in [1.807, 2.05) is 45.9 Å². The summed E-state index contributed by atoms with van der Waals surface area (Å²) < 4.78 is 13.4. The van der Waals surface area contributed by atoms with Crippen molar-refractivity contribution >= 4 is 17.5 Å². The summed E-state index contributed by atoms with van der Waals surface area (Å²) in [6, 6.07) is 10.3. The van der Waals surface area contributed by atoms with Crippen LogP contribution in [0.5, 0.6) is 0 Å². The molecule has 3 aromatic rings. The number of benzene rings is 1. The van der Waals surface area contributed by atoms with Gasteiger partial charge in [-0.05, 0) is 63.6 Å². The van der Waals surface area contributed by atoms with Gasteiger partial charge in [0, 0.05) is 35.2 Å². The summed E-state index contributed by atoms with van der Waals surface area (Å²) in [5.74, 6) is 0.878. The van der Waals surface area contributed by atoms with E-state index < -0.39 is 0 Å². The zero-order valence-electron chi connectivity index (χ0n) is 15.3. The second-order valence-corrected chi connectivity index (χ2v) is 7.16. The monoisotopic (exact) mass is 351 g/mol. The van der Waals surface area contributed by atoms with Gasteiger partial charge in [-0.25, -0.2) is 9.37 Å². The van der Waals surface area contributed by atoms with E-state index in [2.05, 4.69) is 25.6 Å². The molecule has 0 amide bonds. The van der Waals surface area contributed by atoms with E-state index in [0.29, 0.717) is 11.8 Å². The standard InChI is InChI=1S/C20H22FN5/c1-13-10-15(21)7-8-16(13)23-18-11-17(14-6-5-9-22-12-14)24-19(25-18)26-20(2,3)4/h5-12H,1-4H3,(H2,23,24,25,26). The van der Waals surface area contributed by atoms with Crippen LogP contribution in [0, 0.1) is 12.7 Å². The predicted octanol–water partition coefficient (Wildman–Crippen LogP) is 4.94. The fourth-order valence-electron chi connectivity index (χ4n) is 2.47. The summed E-state index contributed by atoms with van der Waals surface area (Å²) in [6.45, 7) is 7.99. The van der Waals surface area contributed by atoms with E-state index in [1.54, 1.807) is 18.5 Å². The van der Waals surface area contributed by atoms with Crippen LogP contribution >= 0.6 is 0 Å². The van der Waals surface area contributed by atoms with Crippen LogP contribution in [0.15, 0.2) is 48.8 Å². The largest absolute Gasteiger partial charge is 0.350 e. The molecule has 0 unspecified atom stereocenters. The molecule has 0 radical (unpaired) electrons. The third-order valence-corrected chi connectivity index (χ3v) is 3.62. The number of anilines is 3. The molecule has 26 heavy (non-hydrogen) atoms. The fraction of sp³-hybridized carbons (Fsp3) is 0.250. The molecule has 0 aliphatic rings. The normalized spacial score (nSPS) is 11.3. The number of hydrogen-bond donors (Lipinski definition) is 2. The zero-order valence-corrected chi connectivity index (χ0v) is 15.3. The van der Waals surface area contributed by atoms with Gasteiger partial charge in [0.1, 0.15) is 11.6 Å². The molecule has 0 saturated heterocycles. The van der Waals surface area contributed by atoms with Crippen molar-refractivity contribution in [3.8, 4) is 11.3 Å². The molecule has 0 fully saturated rings. The first-order valence-electron chi connectivity index (χ1n) is 8.41. The van der Waals surface area contributed by atoms with Crippen molar-refractivity contribution in [2.24, 2.45) is 0 Å². The summed E-state index contributed by atoms with van der Waals surface area (Å²) >= 11 is 0. The quantitative estimate of drug-likeness (QED) is 0.697. The van der Waals surface area contributed by atoms with Crippen molar-refractivity contribution in [1.82, 2.24) is 15.0 Å². The number of pyridine rings is 1. The van der Waals surface area contributed by atoms with Crippen molar-refractivity contribution in [1.29, 1.82) is 0 Å². The third-order valence-electron chi connectivity index (χ3n) is 3.62. The Bertz CT molecular complexity index is 904. The molecule has 3 rings (SSSR count). The van der Waals surface area contributed by atoms with Crippen LogP contribution in [0.4, 0.5) is 21.8 Å². The molecule has 0 atom stereocenters. The van der Waals surface area contributed by atoms with Crippen LogP contribution in [-0.2, 0) is 0 Å². The van der Waals surface area contributed by atoms with Gasteiger partial charge in [0.2, 0.25) is 5.95 Å². The number of halogens is 1. The van der Waals surface area contributed by atoms with Gasteiger partial charge in [-0.2, -0.15) is 4.98 Å². The molecular weight excluding hydrogens is 329 g/mol. The summed E-state index contributed by atoms with van der Waals surface area (Å²) in [4.78, 5) is 13.3. The maximum atomic E-state index is 13.4. The lowest BCUT2D eigenvalue weighted by atomic mass is 10.1. The molecule has 5 nitrogen and oxygen atoms in total. The van der Waals surface area contributed by atoms with E-state index >= 15 is 0 Å². The number of nitrogens with one attached hydrogen (secondary N) is 2. The second-order valence-electron chi connectivity index (χ2n) is 7.16. The Kier molecular flexibility index (Phi) is 4.84. The molecule has 2 N–H and O–H groups in total. The average molecular weight is 351 g/mol. The second kappa shape index (κ2) is 7.07. The first-order valence-corrected chi connectivity index (χ1v) is 8.41. The fourth-order valence-corrected chi connectivity index (χ4v) is 2.47. The molecule has 0 saturated carbocycles. The van der Waals surface area contributed by atoms with Gasteiger partial charge in [-0.1, -0.05) is 0 Å². The number of rotatable bonds is 4. The minimum Gasteiger partial charge on any atom is -0.350 e. The Labute approximate surface area is 152 Å². The molecule has 0 spiro atoms. The SMILES string of the molecule is Cc1cc(F)ccc1Nc1cc(-c2cccnc2)nc(NC(C)(C)C)n1. The van der Waals surface area contributed by atoms with E-state index in [0.717, 1.165) is 22.5 Å². The van der Waals surface area contributed by atoms with Crippen LogP contribution in [0.3, 0.4) is 0 Å². The summed E-state index contributed by atoms with van der Waals surface area (Å²) in [7, 11) is 0. The van der Waals surface area contributed by atoms with Gasteiger partial charge < -0.3 is 10.6 Å². The van der Waals surface area contributed by atoms with Crippen LogP contribution in [0.1, 0.15) is 26.3 Å². The molecule has 6 heteroatoms. The highest BCUT2D eigenvalue weighted by Gasteiger charge is 2.14. The van der Waals surface area contributed by atoms with Gasteiger partial charge in [-0.3, -0.25) is 4.98 Å². The van der Waals surface area contributed by atoms with E-state index in [1.165, 1.54) is 12.1 Å². The Balaban J connectivity index is 2.01. The molecule has 1 aromatic carbocycles. The highest BCUT2D eigenvalue weighted by molar-refractivity contribution is 5.68. The molecule has 0 bridgehead atoms. The van der Waals surface area contributed by atoms with Crippen molar-refractivity contribution in [3.63, 3.8) is 0 Å². The van der Waals surface area contributed by atoms with Gasteiger partial charge in [0.25, 0.3) is 0 Å². The first kappa shape index (κ1) is 17.8. The topological polar surface area (TPSA) is 62.7 Å². The maximum absolute atomic E-state index is 13.4. The number of aromatic nitrogens is 3. The predicted molar refractivity (Wildman–Crippen MR) is 103 cm³/mol. The van der Waals surface area contributed by atoms with Crippen LogP contribution in [0.25, 0.3) is 11.3 Å². The Morgan fingerprint density at radius 3 is 2.50 bits per heavy atom. The third kappa shape index (κ3) is 4.53. The Hall–Kier alpha value is -3.02. The van der Waals surface area contributed by atoms with Crippen LogP contribution in [0.2, 0.25) is 0 Å². The van der Waals surface area contributed by atoms with E-state index in [-0.39, 0.29) is 11.4 Å². The number of hydrogen-bond acceptors (Lipinski definition) is 5. The lowest BCUT2D eigenvalue weighted by molar-refractivity contribution is 0.625. The average Bonchev–Trinajstić information content (AvgIpc) is 2.56. The maximum Gasteiger partial charge on any atom is 0.225 e.